The number of nitrogens with one attached hydrogen (secondary N) is 1. The van der Waals surface area contributed by atoms with Crippen LogP contribution in [0, 0.1) is 0 Å². The summed E-state index contributed by atoms with van der Waals surface area (Å²) >= 11 is 1.49. The van der Waals surface area contributed by atoms with Gasteiger partial charge in [0, 0.05) is 30.1 Å². The number of fused-ring (bicyclic) bond motifs is 1. The number of carbonyl (C=O) groups is 3. The second-order valence-corrected chi connectivity index (χ2v) is 7.88. The molecule has 0 bridgehead atoms. The Bertz CT molecular complexity index is 759. The molecule has 2 atom stereocenters. The van der Waals surface area contributed by atoms with Gasteiger partial charge in [0.05, 0.1) is 24.1 Å². The third-order valence-corrected chi connectivity index (χ3v) is 5.81. The van der Waals surface area contributed by atoms with E-state index in [1.165, 1.54) is 16.2 Å². The van der Waals surface area contributed by atoms with Gasteiger partial charge in [-0.3, -0.25) is 9.59 Å². The molecule has 9 heteroatoms. The van der Waals surface area contributed by atoms with Crippen LogP contribution in [0.1, 0.15) is 38.0 Å². The smallest absolute Gasteiger partial charge is 0.543 e. The summed E-state index contributed by atoms with van der Waals surface area (Å²) < 4.78 is 0. The van der Waals surface area contributed by atoms with Crippen molar-refractivity contribution in [2.45, 2.75) is 51.6 Å². The Balaban J connectivity index is 0.00000280. The number of nitrogens with zero attached hydrogens (tertiary/aromatic N) is 2. The number of hydrogen-bond donors (Lipinski definition) is 1. The molecule has 2 aliphatic heterocycles. The molecule has 1 fully saturated rings. The number of hydrogen-bond acceptors (Lipinski definition) is 6. The van der Waals surface area contributed by atoms with E-state index < -0.39 is 12.0 Å². The average molecular weight is 413 g/mol. The summed E-state index contributed by atoms with van der Waals surface area (Å²) in [6.07, 6.45) is 2.41. The Morgan fingerprint density at radius 1 is 1.32 bits per heavy atom. The van der Waals surface area contributed by atoms with E-state index in [1.807, 2.05) is 36.3 Å². The summed E-state index contributed by atoms with van der Waals surface area (Å²) in [4.78, 5) is 40.8. The largest absolute Gasteiger partial charge is 1.00 e. The molecule has 0 radical (unpaired) electrons. The molecule has 3 heterocycles. The van der Waals surface area contributed by atoms with Crippen molar-refractivity contribution in [3.05, 3.63) is 33.8 Å². The van der Waals surface area contributed by atoms with Gasteiger partial charge in [0.25, 0.3) is 5.91 Å². The Morgan fingerprint density at radius 3 is 2.54 bits per heavy atom. The minimum absolute atomic E-state index is 0. The van der Waals surface area contributed by atoms with E-state index in [2.05, 4.69) is 5.32 Å². The molecule has 1 aromatic rings. The van der Waals surface area contributed by atoms with Gasteiger partial charge < -0.3 is 25.0 Å². The minimum Gasteiger partial charge on any atom is -0.543 e. The van der Waals surface area contributed by atoms with Crippen molar-refractivity contribution < 1.29 is 49.0 Å². The van der Waals surface area contributed by atoms with Crippen LogP contribution in [-0.4, -0.2) is 52.8 Å². The predicted octanol–water partition coefficient (Wildman–Crippen LogP) is -2.52. The van der Waals surface area contributed by atoms with Crippen LogP contribution in [-0.2, 0) is 20.8 Å². The second kappa shape index (κ2) is 9.91. The zero-order valence-electron chi connectivity index (χ0n) is 16.6. The van der Waals surface area contributed by atoms with E-state index in [-0.39, 0.29) is 59.5 Å². The summed E-state index contributed by atoms with van der Waals surface area (Å²) in [6.45, 7) is 5.52. The fourth-order valence-corrected chi connectivity index (χ4v) is 4.54. The maximum Gasteiger partial charge on any atom is 1.00 e. The second-order valence-electron chi connectivity index (χ2n) is 6.85. The molecule has 7 nitrogen and oxygen atoms in total. The van der Waals surface area contributed by atoms with Gasteiger partial charge in [-0.15, -0.1) is 11.3 Å². The first-order valence-corrected chi connectivity index (χ1v) is 10.2. The number of carboxylic acid groups (broad SMARTS) is 1. The van der Waals surface area contributed by atoms with Crippen molar-refractivity contribution in [2.75, 3.05) is 13.1 Å². The summed E-state index contributed by atoms with van der Waals surface area (Å²) in [5.41, 5.74) is 0.614. The summed E-state index contributed by atoms with van der Waals surface area (Å²) in [5.74, 6) is -1.93. The molecule has 0 saturated carbocycles. The van der Waals surface area contributed by atoms with E-state index in [4.69, 9.17) is 0 Å². The topological polar surface area (TPSA) is 92.8 Å². The zero-order valence-corrected chi connectivity index (χ0v) is 19.4. The quantitative estimate of drug-likeness (QED) is 0.356. The van der Waals surface area contributed by atoms with Crippen LogP contribution < -0.4 is 40.0 Å². The number of carboxylic acids is 1. The summed E-state index contributed by atoms with van der Waals surface area (Å²) in [7, 11) is 0. The average Bonchev–Trinajstić information content (AvgIpc) is 3.25. The molecule has 1 aromatic heterocycles. The van der Waals surface area contributed by atoms with Gasteiger partial charge in [-0.25, -0.2) is 0 Å². The molecule has 28 heavy (non-hydrogen) atoms. The first kappa shape index (κ1) is 22.9. The molecule has 2 amide bonds. The number of amides is 2. The van der Waals surface area contributed by atoms with Crippen molar-refractivity contribution in [3.8, 4) is 0 Å². The summed E-state index contributed by atoms with van der Waals surface area (Å²) in [5, 5.41) is 16.4. The number of rotatable bonds is 9. The van der Waals surface area contributed by atoms with E-state index in [0.717, 1.165) is 30.8 Å². The molecule has 0 aromatic carbocycles. The normalized spacial score (nSPS) is 20.4. The maximum absolute atomic E-state index is 12.5. The van der Waals surface area contributed by atoms with Gasteiger partial charge in [0.15, 0.2) is 0 Å². The van der Waals surface area contributed by atoms with E-state index in [0.29, 0.717) is 12.1 Å². The van der Waals surface area contributed by atoms with Gasteiger partial charge in [0.1, 0.15) is 6.04 Å². The van der Waals surface area contributed by atoms with E-state index >= 15 is 0 Å². The van der Waals surface area contributed by atoms with Crippen LogP contribution in [0.25, 0.3) is 0 Å². The Kier molecular flexibility index (Phi) is 8.12. The fourth-order valence-electron chi connectivity index (χ4n) is 3.83. The Morgan fingerprint density at radius 2 is 2.00 bits per heavy atom. The van der Waals surface area contributed by atoms with Crippen molar-refractivity contribution in [1.82, 2.24) is 15.1 Å². The standard InChI is InChI=1S/C19H25N3O4S.Na/c1-3-7-21(8-4-2)14-11-13-16(18(24)22(13)17(14)19(25)26)20-15(23)10-12-6-5-9-27-12;/h5-6,9,13,16H,3-4,7-8,10-11H2,1-2H3,(H,20,23)(H,25,26);/q;+1/p-1. The van der Waals surface area contributed by atoms with Crippen LogP contribution in [0.5, 0.6) is 0 Å². The third-order valence-electron chi connectivity index (χ3n) is 4.93. The number of carbonyl (C=O) groups excluding carboxylic acids is 3. The molecule has 146 valence electrons. The van der Waals surface area contributed by atoms with Gasteiger partial charge in [-0.2, -0.15) is 0 Å². The van der Waals surface area contributed by atoms with Crippen molar-refractivity contribution in [3.63, 3.8) is 0 Å². The van der Waals surface area contributed by atoms with Crippen molar-refractivity contribution in [1.29, 1.82) is 0 Å². The zero-order chi connectivity index (χ0) is 19.6. The molecule has 1 saturated heterocycles. The molecule has 3 rings (SSSR count). The third kappa shape index (κ3) is 4.45. The maximum atomic E-state index is 12.5. The van der Waals surface area contributed by atoms with Gasteiger partial charge in [-0.1, -0.05) is 19.9 Å². The van der Waals surface area contributed by atoms with Gasteiger partial charge in [0.2, 0.25) is 5.91 Å². The molecule has 1 N–H and O–H groups in total. The van der Waals surface area contributed by atoms with Crippen LogP contribution in [0.15, 0.2) is 28.9 Å². The molecule has 2 aliphatic rings. The van der Waals surface area contributed by atoms with Gasteiger partial charge in [-0.05, 0) is 24.3 Å². The van der Waals surface area contributed by atoms with Crippen LogP contribution in [0.3, 0.4) is 0 Å². The number of thiophene rings is 1. The summed E-state index contributed by atoms with van der Waals surface area (Å²) in [6, 6.07) is 2.73. The van der Waals surface area contributed by atoms with E-state index in [1.54, 1.807) is 0 Å². The number of aliphatic carboxylic acids is 1. The monoisotopic (exact) mass is 413 g/mol. The van der Waals surface area contributed by atoms with Crippen LogP contribution in [0.4, 0.5) is 0 Å². The van der Waals surface area contributed by atoms with E-state index in [9.17, 15) is 19.5 Å². The first-order chi connectivity index (χ1) is 13.0. The predicted molar refractivity (Wildman–Crippen MR) is 99.4 cm³/mol. The molecular weight excluding hydrogens is 389 g/mol. The molecule has 0 spiro atoms. The Hall–Kier alpha value is -1.35. The Labute approximate surface area is 191 Å². The van der Waals surface area contributed by atoms with Crippen molar-refractivity contribution in [2.24, 2.45) is 0 Å². The van der Waals surface area contributed by atoms with Gasteiger partial charge >= 0.3 is 29.6 Å². The minimum atomic E-state index is -1.33. The molecular formula is C19H24N3NaO4S. The molecule has 2 unspecified atom stereocenters. The molecule has 0 aliphatic carbocycles. The van der Waals surface area contributed by atoms with Crippen molar-refractivity contribution >= 4 is 29.1 Å². The van der Waals surface area contributed by atoms with Crippen LogP contribution >= 0.6 is 11.3 Å². The SMILES string of the molecule is CCCN(CCC)C1=C(C(=O)[O-])N2C(=O)C(NC(=O)Cc3cccs3)C2C1.[Na+]. The fraction of sp³-hybridized carbons (Fsp3) is 0.526. The van der Waals surface area contributed by atoms with Crippen LogP contribution in [0.2, 0.25) is 0 Å². The number of β-lactam (4-membered cyclic amide) rings is 1. The first-order valence-electron chi connectivity index (χ1n) is 9.32.